The minimum Gasteiger partial charge on any atom is -0.507 e. The largest absolute Gasteiger partial charge is 0.507 e. The monoisotopic (exact) mass is 320 g/mol. The van der Waals surface area contributed by atoms with Gasteiger partial charge in [0.2, 0.25) is 11.5 Å². The van der Waals surface area contributed by atoms with Gasteiger partial charge in [-0.25, -0.2) is 0 Å². The Hall–Kier alpha value is -2.76. The zero-order valence-corrected chi connectivity index (χ0v) is 13.8. The summed E-state index contributed by atoms with van der Waals surface area (Å²) in [7, 11) is 5.85. The minimum absolute atomic E-state index is 0.0305. The van der Waals surface area contributed by atoms with Gasteiger partial charge in [-0.15, -0.1) is 0 Å². The standard InChI is InChI=1S/C17H20O6/c1-9-12(13-10(18)7-6-8-11(13)20-2)14(19)16(22-4)17(23-5)15(9)21-3/h6-8,18-19H,1-5H3. The molecule has 0 radical (unpaired) electrons. The molecule has 0 aliphatic carbocycles. The Morgan fingerprint density at radius 2 is 1.35 bits per heavy atom. The predicted molar refractivity (Wildman–Crippen MR) is 86.2 cm³/mol. The van der Waals surface area contributed by atoms with Crippen LogP contribution in [0.25, 0.3) is 11.1 Å². The molecule has 0 spiro atoms. The molecule has 23 heavy (non-hydrogen) atoms. The SMILES string of the molecule is COc1cccc(O)c1-c1c(C)c(OC)c(OC)c(OC)c1O. The molecule has 2 N–H and O–H groups in total. The highest BCUT2D eigenvalue weighted by molar-refractivity contribution is 5.88. The van der Waals surface area contributed by atoms with E-state index in [1.54, 1.807) is 19.1 Å². The van der Waals surface area contributed by atoms with Crippen LogP contribution in [-0.4, -0.2) is 38.7 Å². The lowest BCUT2D eigenvalue weighted by Crippen LogP contribution is -2.01. The lowest BCUT2D eigenvalue weighted by Gasteiger charge is -2.21. The molecule has 0 saturated carbocycles. The summed E-state index contributed by atoms with van der Waals surface area (Å²) < 4.78 is 21.3. The highest BCUT2D eigenvalue weighted by atomic mass is 16.5. The zero-order valence-electron chi connectivity index (χ0n) is 13.8. The first-order chi connectivity index (χ1) is 11.0. The molecule has 0 heterocycles. The van der Waals surface area contributed by atoms with E-state index in [2.05, 4.69) is 0 Å². The van der Waals surface area contributed by atoms with Gasteiger partial charge in [0.1, 0.15) is 11.5 Å². The van der Waals surface area contributed by atoms with Crippen molar-refractivity contribution >= 4 is 0 Å². The molecule has 2 aromatic rings. The summed E-state index contributed by atoms with van der Waals surface area (Å²) in [6.45, 7) is 1.75. The molecule has 0 saturated heterocycles. The third-order valence-corrected chi connectivity index (χ3v) is 3.67. The van der Waals surface area contributed by atoms with Gasteiger partial charge in [0.05, 0.1) is 34.0 Å². The van der Waals surface area contributed by atoms with E-state index in [9.17, 15) is 10.2 Å². The van der Waals surface area contributed by atoms with Crippen LogP contribution < -0.4 is 18.9 Å². The van der Waals surface area contributed by atoms with Crippen molar-refractivity contribution < 1.29 is 29.2 Å². The van der Waals surface area contributed by atoms with Crippen LogP contribution in [-0.2, 0) is 0 Å². The third-order valence-electron chi connectivity index (χ3n) is 3.67. The van der Waals surface area contributed by atoms with Crippen LogP contribution in [0.15, 0.2) is 18.2 Å². The fourth-order valence-corrected chi connectivity index (χ4v) is 2.65. The summed E-state index contributed by atoms with van der Waals surface area (Å²) in [4.78, 5) is 0. The van der Waals surface area contributed by atoms with Crippen LogP contribution in [0.1, 0.15) is 5.56 Å². The van der Waals surface area contributed by atoms with E-state index < -0.39 is 0 Å². The van der Waals surface area contributed by atoms with Crippen molar-refractivity contribution in [3.63, 3.8) is 0 Å². The second kappa shape index (κ2) is 6.56. The summed E-state index contributed by atoms with van der Waals surface area (Å²) >= 11 is 0. The first kappa shape index (κ1) is 16.6. The van der Waals surface area contributed by atoms with Crippen LogP contribution in [0.3, 0.4) is 0 Å². The summed E-state index contributed by atoms with van der Waals surface area (Å²) in [6.07, 6.45) is 0. The van der Waals surface area contributed by atoms with Crippen molar-refractivity contribution in [1.29, 1.82) is 0 Å². The van der Waals surface area contributed by atoms with Crippen LogP contribution >= 0.6 is 0 Å². The molecule has 2 rings (SSSR count). The van der Waals surface area contributed by atoms with Gasteiger partial charge < -0.3 is 29.2 Å². The minimum atomic E-state index is -0.164. The average molecular weight is 320 g/mol. The number of benzene rings is 2. The molecule has 0 amide bonds. The number of phenolic OH excluding ortho intramolecular Hbond substituents is 2. The fourth-order valence-electron chi connectivity index (χ4n) is 2.65. The van der Waals surface area contributed by atoms with E-state index >= 15 is 0 Å². The Balaban J connectivity index is 2.94. The molecule has 0 bridgehead atoms. The van der Waals surface area contributed by atoms with Crippen molar-refractivity contribution in [3.8, 4) is 45.6 Å². The molecular formula is C17H20O6. The molecular weight excluding hydrogens is 300 g/mol. The molecule has 0 aliphatic heterocycles. The number of phenols is 2. The van der Waals surface area contributed by atoms with Crippen molar-refractivity contribution in [2.24, 2.45) is 0 Å². The molecule has 0 aromatic heterocycles. The van der Waals surface area contributed by atoms with E-state index in [0.717, 1.165) is 0 Å². The molecule has 124 valence electrons. The summed E-state index contributed by atoms with van der Waals surface area (Å²) in [5.74, 6) is 1.03. The van der Waals surface area contributed by atoms with Gasteiger partial charge in [-0.1, -0.05) is 6.07 Å². The van der Waals surface area contributed by atoms with Crippen LogP contribution in [0.5, 0.6) is 34.5 Å². The van der Waals surface area contributed by atoms with Gasteiger partial charge >= 0.3 is 0 Å². The van der Waals surface area contributed by atoms with E-state index in [0.29, 0.717) is 28.2 Å². The Bertz CT molecular complexity index is 693. The number of hydrogen-bond donors (Lipinski definition) is 2. The van der Waals surface area contributed by atoms with E-state index in [-0.39, 0.29) is 23.0 Å². The average Bonchev–Trinajstić information content (AvgIpc) is 2.55. The van der Waals surface area contributed by atoms with Gasteiger partial charge in [-0.3, -0.25) is 0 Å². The van der Waals surface area contributed by atoms with Crippen molar-refractivity contribution in [3.05, 3.63) is 23.8 Å². The Labute approximate surface area is 134 Å². The molecule has 6 nitrogen and oxygen atoms in total. The fraction of sp³-hybridized carbons (Fsp3) is 0.294. The summed E-state index contributed by atoms with van der Waals surface area (Å²) in [5.41, 5.74) is 1.29. The van der Waals surface area contributed by atoms with E-state index in [4.69, 9.17) is 18.9 Å². The van der Waals surface area contributed by atoms with E-state index in [1.165, 1.54) is 34.5 Å². The highest BCUT2D eigenvalue weighted by Crippen LogP contribution is 2.55. The Kier molecular flexibility index (Phi) is 4.74. The lowest BCUT2D eigenvalue weighted by molar-refractivity contribution is 0.310. The Morgan fingerprint density at radius 3 is 1.87 bits per heavy atom. The van der Waals surface area contributed by atoms with Gasteiger partial charge in [0, 0.05) is 11.1 Å². The second-order valence-corrected chi connectivity index (χ2v) is 4.80. The maximum absolute atomic E-state index is 10.7. The quantitative estimate of drug-likeness (QED) is 0.881. The molecule has 2 aromatic carbocycles. The maximum Gasteiger partial charge on any atom is 0.207 e. The number of rotatable bonds is 5. The number of methoxy groups -OCH3 is 4. The number of aromatic hydroxyl groups is 2. The van der Waals surface area contributed by atoms with Gasteiger partial charge in [0.15, 0.2) is 11.5 Å². The van der Waals surface area contributed by atoms with E-state index in [1.807, 2.05) is 0 Å². The third kappa shape index (κ3) is 2.56. The number of ether oxygens (including phenoxy) is 4. The molecule has 6 heteroatoms. The number of hydrogen-bond acceptors (Lipinski definition) is 6. The second-order valence-electron chi connectivity index (χ2n) is 4.80. The van der Waals surface area contributed by atoms with Crippen molar-refractivity contribution in [2.75, 3.05) is 28.4 Å². The molecule has 0 aliphatic rings. The molecule has 0 atom stereocenters. The van der Waals surface area contributed by atoms with Gasteiger partial charge in [-0.05, 0) is 19.1 Å². The van der Waals surface area contributed by atoms with Crippen LogP contribution in [0.2, 0.25) is 0 Å². The topological polar surface area (TPSA) is 77.4 Å². The van der Waals surface area contributed by atoms with Crippen molar-refractivity contribution in [1.82, 2.24) is 0 Å². The maximum atomic E-state index is 10.7. The smallest absolute Gasteiger partial charge is 0.207 e. The van der Waals surface area contributed by atoms with Gasteiger partial charge in [0.25, 0.3) is 0 Å². The Morgan fingerprint density at radius 1 is 0.739 bits per heavy atom. The van der Waals surface area contributed by atoms with Crippen molar-refractivity contribution in [2.45, 2.75) is 6.92 Å². The first-order valence-electron chi connectivity index (χ1n) is 6.89. The predicted octanol–water partition coefficient (Wildman–Crippen LogP) is 3.11. The molecule has 0 unspecified atom stereocenters. The van der Waals surface area contributed by atoms with Crippen LogP contribution in [0, 0.1) is 6.92 Å². The zero-order chi connectivity index (χ0) is 17.1. The van der Waals surface area contributed by atoms with Gasteiger partial charge in [-0.2, -0.15) is 0 Å². The normalized spacial score (nSPS) is 10.3. The lowest BCUT2D eigenvalue weighted by atomic mass is 9.95. The summed E-state index contributed by atoms with van der Waals surface area (Å²) in [6, 6.07) is 4.86. The summed E-state index contributed by atoms with van der Waals surface area (Å²) in [5, 5.41) is 20.9. The highest BCUT2D eigenvalue weighted by Gasteiger charge is 2.28. The molecule has 0 fully saturated rings. The van der Waals surface area contributed by atoms with Crippen LogP contribution in [0.4, 0.5) is 0 Å². The first-order valence-corrected chi connectivity index (χ1v) is 6.89.